The molecule has 0 amide bonds. The van der Waals surface area contributed by atoms with Crippen LogP contribution in [0.1, 0.15) is 0 Å². The molecule has 0 aliphatic heterocycles. The van der Waals surface area contributed by atoms with E-state index in [1.165, 1.54) is 49.0 Å². The van der Waals surface area contributed by atoms with Crippen molar-refractivity contribution in [2.24, 2.45) is 0 Å². The molecule has 0 unspecified atom stereocenters. The molecule has 0 bridgehead atoms. The van der Waals surface area contributed by atoms with Gasteiger partial charge in [0.05, 0.1) is 0 Å². The lowest BCUT2D eigenvalue weighted by Gasteiger charge is -2.12. The lowest BCUT2D eigenvalue weighted by molar-refractivity contribution is 1.60. The standard InChI is InChI=1S/C30H19Cl/c31-24-10-6-9-22(18-24)20-7-5-8-21(17-20)23-15-16-29-27-13-2-1-11-25(27)26-12-3-4-14-28(26)30(29)19-23/h1-19H. The van der Waals surface area contributed by atoms with Crippen molar-refractivity contribution in [3.63, 3.8) is 0 Å². The van der Waals surface area contributed by atoms with Crippen LogP contribution in [-0.4, -0.2) is 0 Å². The molecule has 0 spiro atoms. The number of benzene rings is 6. The fourth-order valence-corrected chi connectivity index (χ4v) is 4.82. The van der Waals surface area contributed by atoms with Gasteiger partial charge in [-0.05, 0) is 78.8 Å². The van der Waals surface area contributed by atoms with Crippen molar-refractivity contribution in [2.45, 2.75) is 0 Å². The maximum Gasteiger partial charge on any atom is 0.0412 e. The Hall–Kier alpha value is -3.61. The van der Waals surface area contributed by atoms with Crippen molar-refractivity contribution in [3.8, 4) is 22.3 Å². The molecule has 0 N–H and O–H groups in total. The maximum atomic E-state index is 6.22. The summed E-state index contributed by atoms with van der Waals surface area (Å²) in [6, 6.07) is 41.0. The molecule has 0 fully saturated rings. The first-order valence-electron chi connectivity index (χ1n) is 10.5. The topological polar surface area (TPSA) is 0 Å². The fourth-order valence-electron chi connectivity index (χ4n) is 4.63. The summed E-state index contributed by atoms with van der Waals surface area (Å²) in [6.07, 6.45) is 0. The van der Waals surface area contributed by atoms with Gasteiger partial charge in [0.2, 0.25) is 0 Å². The van der Waals surface area contributed by atoms with Crippen LogP contribution in [0.25, 0.3) is 54.6 Å². The lowest BCUT2D eigenvalue weighted by atomic mass is 9.91. The average molecular weight is 415 g/mol. The first kappa shape index (κ1) is 18.2. The number of halogens is 1. The van der Waals surface area contributed by atoms with Gasteiger partial charge in [0.1, 0.15) is 0 Å². The van der Waals surface area contributed by atoms with Gasteiger partial charge in [-0.25, -0.2) is 0 Å². The molecule has 31 heavy (non-hydrogen) atoms. The Labute approximate surface area is 186 Å². The fraction of sp³-hybridized carbons (Fsp3) is 0. The number of hydrogen-bond acceptors (Lipinski definition) is 0. The summed E-state index contributed by atoms with van der Waals surface area (Å²) in [5.74, 6) is 0. The van der Waals surface area contributed by atoms with Crippen LogP contribution in [0.3, 0.4) is 0 Å². The predicted molar refractivity (Wildman–Crippen MR) is 135 cm³/mol. The molecule has 0 nitrogen and oxygen atoms in total. The third kappa shape index (κ3) is 3.08. The van der Waals surface area contributed by atoms with Crippen LogP contribution in [0.15, 0.2) is 115 Å². The van der Waals surface area contributed by atoms with Crippen LogP contribution in [0.2, 0.25) is 5.02 Å². The van der Waals surface area contributed by atoms with Gasteiger partial charge in [-0.3, -0.25) is 0 Å². The van der Waals surface area contributed by atoms with Gasteiger partial charge in [0.15, 0.2) is 0 Å². The second-order valence-electron chi connectivity index (χ2n) is 7.94. The second-order valence-corrected chi connectivity index (χ2v) is 8.38. The summed E-state index contributed by atoms with van der Waals surface area (Å²) in [6.45, 7) is 0. The summed E-state index contributed by atoms with van der Waals surface area (Å²) in [5, 5.41) is 8.55. The molecule has 0 aliphatic carbocycles. The first-order valence-corrected chi connectivity index (χ1v) is 10.9. The molecular formula is C30H19Cl. The molecule has 0 saturated heterocycles. The Kier molecular flexibility index (Phi) is 4.26. The van der Waals surface area contributed by atoms with Crippen LogP contribution in [0, 0.1) is 0 Å². The largest absolute Gasteiger partial charge is 0.0843 e. The SMILES string of the molecule is Clc1cccc(-c2cccc(-c3ccc4c5ccccc5c5ccccc5c4c3)c2)c1. The van der Waals surface area contributed by atoms with E-state index in [1.54, 1.807) is 0 Å². The van der Waals surface area contributed by atoms with Gasteiger partial charge in [-0.2, -0.15) is 0 Å². The van der Waals surface area contributed by atoms with E-state index in [9.17, 15) is 0 Å². The van der Waals surface area contributed by atoms with E-state index in [4.69, 9.17) is 11.6 Å². The third-order valence-corrected chi connectivity index (χ3v) is 6.33. The van der Waals surface area contributed by atoms with Crippen LogP contribution in [-0.2, 0) is 0 Å². The molecule has 0 radical (unpaired) electrons. The molecule has 6 aromatic rings. The normalized spacial score (nSPS) is 11.4. The van der Waals surface area contributed by atoms with Crippen molar-refractivity contribution in [1.29, 1.82) is 0 Å². The summed E-state index contributed by atoms with van der Waals surface area (Å²) in [7, 11) is 0. The highest BCUT2D eigenvalue weighted by atomic mass is 35.5. The van der Waals surface area contributed by atoms with Gasteiger partial charge in [0, 0.05) is 5.02 Å². The maximum absolute atomic E-state index is 6.22. The average Bonchev–Trinajstić information content (AvgIpc) is 2.84. The highest BCUT2D eigenvalue weighted by Crippen LogP contribution is 2.37. The minimum atomic E-state index is 0.756. The van der Waals surface area contributed by atoms with Crippen LogP contribution in [0.5, 0.6) is 0 Å². The molecule has 0 heterocycles. The molecule has 6 aromatic carbocycles. The molecule has 1 heteroatoms. The predicted octanol–water partition coefficient (Wildman–Crippen LogP) is 9.13. The number of fused-ring (bicyclic) bond motifs is 6. The highest BCUT2D eigenvalue weighted by Gasteiger charge is 2.10. The van der Waals surface area contributed by atoms with Gasteiger partial charge < -0.3 is 0 Å². The Morgan fingerprint density at radius 3 is 1.35 bits per heavy atom. The van der Waals surface area contributed by atoms with Gasteiger partial charge in [0.25, 0.3) is 0 Å². The smallest absolute Gasteiger partial charge is 0.0412 e. The van der Waals surface area contributed by atoms with Crippen molar-refractivity contribution in [1.82, 2.24) is 0 Å². The van der Waals surface area contributed by atoms with Crippen molar-refractivity contribution < 1.29 is 0 Å². The monoisotopic (exact) mass is 414 g/mol. The lowest BCUT2D eigenvalue weighted by Crippen LogP contribution is -1.85. The number of rotatable bonds is 2. The minimum absolute atomic E-state index is 0.756. The van der Waals surface area contributed by atoms with E-state index in [1.807, 2.05) is 18.2 Å². The van der Waals surface area contributed by atoms with E-state index >= 15 is 0 Å². The molecule has 0 aliphatic rings. The van der Waals surface area contributed by atoms with E-state index in [-0.39, 0.29) is 0 Å². The zero-order valence-corrected chi connectivity index (χ0v) is 17.6. The van der Waals surface area contributed by atoms with Gasteiger partial charge >= 0.3 is 0 Å². The highest BCUT2D eigenvalue weighted by molar-refractivity contribution is 6.30. The quantitative estimate of drug-likeness (QED) is 0.248. The molecule has 146 valence electrons. The summed E-state index contributed by atoms with van der Waals surface area (Å²) >= 11 is 6.22. The molecule has 0 saturated carbocycles. The van der Waals surface area contributed by atoms with Crippen molar-refractivity contribution in [2.75, 3.05) is 0 Å². The Morgan fingerprint density at radius 2 is 0.774 bits per heavy atom. The van der Waals surface area contributed by atoms with Crippen LogP contribution in [0.4, 0.5) is 0 Å². The molecule has 6 rings (SSSR count). The third-order valence-electron chi connectivity index (χ3n) is 6.10. The Bertz CT molecular complexity index is 1560. The zero-order chi connectivity index (χ0) is 20.8. The van der Waals surface area contributed by atoms with E-state index < -0.39 is 0 Å². The van der Waals surface area contributed by atoms with Crippen LogP contribution < -0.4 is 0 Å². The van der Waals surface area contributed by atoms with Crippen molar-refractivity contribution >= 4 is 43.9 Å². The summed E-state index contributed by atoms with van der Waals surface area (Å²) in [4.78, 5) is 0. The minimum Gasteiger partial charge on any atom is -0.0843 e. The van der Waals surface area contributed by atoms with E-state index in [0.717, 1.165) is 10.6 Å². The Morgan fingerprint density at radius 1 is 0.323 bits per heavy atom. The summed E-state index contributed by atoms with van der Waals surface area (Å²) in [5.41, 5.74) is 4.73. The van der Waals surface area contributed by atoms with E-state index in [0.29, 0.717) is 0 Å². The molecular weight excluding hydrogens is 396 g/mol. The van der Waals surface area contributed by atoms with Crippen molar-refractivity contribution in [3.05, 3.63) is 120 Å². The Balaban J connectivity index is 1.59. The van der Waals surface area contributed by atoms with Crippen LogP contribution >= 0.6 is 11.6 Å². The molecule has 0 aromatic heterocycles. The number of hydrogen-bond donors (Lipinski definition) is 0. The second kappa shape index (κ2) is 7.27. The van der Waals surface area contributed by atoms with Gasteiger partial charge in [-0.1, -0.05) is 103 Å². The zero-order valence-electron chi connectivity index (χ0n) is 16.8. The summed E-state index contributed by atoms with van der Waals surface area (Å²) < 4.78 is 0. The van der Waals surface area contributed by atoms with Gasteiger partial charge in [-0.15, -0.1) is 0 Å². The van der Waals surface area contributed by atoms with E-state index in [2.05, 4.69) is 97.1 Å². The molecule has 0 atom stereocenters. The first-order chi connectivity index (χ1) is 15.3.